The highest BCUT2D eigenvalue weighted by atomic mass is 16.5. The Morgan fingerprint density at radius 2 is 2.04 bits per heavy atom. The van der Waals surface area contributed by atoms with Crippen LogP contribution in [0.4, 0.5) is 11.4 Å². The van der Waals surface area contributed by atoms with Crippen LogP contribution in [0.25, 0.3) is 0 Å². The van der Waals surface area contributed by atoms with Gasteiger partial charge in [-0.05, 0) is 48.6 Å². The number of nitrogen functional groups attached to an aromatic ring is 1. The number of amides is 1. The van der Waals surface area contributed by atoms with Gasteiger partial charge >= 0.3 is 0 Å². The van der Waals surface area contributed by atoms with Gasteiger partial charge in [0, 0.05) is 24.3 Å². The third-order valence-electron chi connectivity index (χ3n) is 4.39. The van der Waals surface area contributed by atoms with E-state index in [1.54, 1.807) is 7.11 Å². The molecular weight excluding hydrogens is 288 g/mol. The highest BCUT2D eigenvalue weighted by molar-refractivity contribution is 5.95. The predicted octanol–water partition coefficient (Wildman–Crippen LogP) is 3.19. The number of fused-ring (bicyclic) bond motifs is 1. The molecule has 2 N–H and O–H groups in total. The number of aryl methyl sites for hydroxylation is 1. The van der Waals surface area contributed by atoms with Crippen molar-refractivity contribution < 1.29 is 9.53 Å². The van der Waals surface area contributed by atoms with Crippen LogP contribution in [0, 0.1) is 0 Å². The Kier molecular flexibility index (Phi) is 4.51. The van der Waals surface area contributed by atoms with E-state index in [0.29, 0.717) is 12.8 Å². The Morgan fingerprint density at radius 1 is 1.22 bits per heavy atom. The summed E-state index contributed by atoms with van der Waals surface area (Å²) in [6, 6.07) is 13.7. The summed E-state index contributed by atoms with van der Waals surface area (Å²) in [5.41, 5.74) is 9.97. The molecular formula is C19H22N2O2. The number of methoxy groups -OCH3 is 1. The largest absolute Gasteiger partial charge is 0.496 e. The van der Waals surface area contributed by atoms with Gasteiger partial charge in [0.25, 0.3) is 0 Å². The second-order valence-corrected chi connectivity index (χ2v) is 5.81. The van der Waals surface area contributed by atoms with E-state index in [1.807, 2.05) is 47.4 Å². The van der Waals surface area contributed by atoms with Crippen molar-refractivity contribution in [1.82, 2.24) is 0 Å². The van der Waals surface area contributed by atoms with Gasteiger partial charge in [0.2, 0.25) is 5.91 Å². The molecule has 1 aliphatic heterocycles. The molecule has 0 aromatic heterocycles. The summed E-state index contributed by atoms with van der Waals surface area (Å²) in [5.74, 6) is 0.978. The lowest BCUT2D eigenvalue weighted by molar-refractivity contribution is -0.118. The van der Waals surface area contributed by atoms with Gasteiger partial charge in [-0.1, -0.05) is 24.3 Å². The molecule has 0 unspecified atom stereocenters. The van der Waals surface area contributed by atoms with Gasteiger partial charge in [-0.25, -0.2) is 0 Å². The molecule has 0 saturated carbocycles. The molecule has 0 spiro atoms. The van der Waals surface area contributed by atoms with Crippen LogP contribution < -0.4 is 15.4 Å². The number of para-hydroxylation sites is 1. The lowest BCUT2D eigenvalue weighted by Crippen LogP contribution is -2.35. The number of carbonyl (C=O) groups is 1. The van der Waals surface area contributed by atoms with Crippen LogP contribution in [0.5, 0.6) is 5.75 Å². The Bertz CT molecular complexity index is 712. The molecule has 23 heavy (non-hydrogen) atoms. The molecule has 120 valence electrons. The van der Waals surface area contributed by atoms with Crippen LogP contribution in [0.15, 0.2) is 42.5 Å². The Hall–Kier alpha value is -2.49. The van der Waals surface area contributed by atoms with Gasteiger partial charge in [0.15, 0.2) is 0 Å². The van der Waals surface area contributed by atoms with Gasteiger partial charge in [0.05, 0.1) is 7.11 Å². The lowest BCUT2D eigenvalue weighted by Gasteiger charge is -2.30. The molecule has 4 nitrogen and oxygen atoms in total. The topological polar surface area (TPSA) is 55.6 Å². The molecule has 3 rings (SSSR count). The molecule has 0 saturated heterocycles. The van der Waals surface area contributed by atoms with Crippen molar-refractivity contribution in [3.63, 3.8) is 0 Å². The molecule has 2 aromatic carbocycles. The fourth-order valence-corrected chi connectivity index (χ4v) is 3.20. The number of nitrogens with two attached hydrogens (primary N) is 1. The zero-order chi connectivity index (χ0) is 16.2. The zero-order valence-corrected chi connectivity index (χ0v) is 13.4. The summed E-state index contributed by atoms with van der Waals surface area (Å²) < 4.78 is 5.35. The monoisotopic (exact) mass is 310 g/mol. The van der Waals surface area contributed by atoms with E-state index in [-0.39, 0.29) is 5.91 Å². The second kappa shape index (κ2) is 6.73. The quantitative estimate of drug-likeness (QED) is 0.882. The standard InChI is InChI=1S/C19H22N2O2/c1-23-18-10-3-2-6-14(18)11-12-19(22)21-13-5-7-15-16(20)8-4-9-17(15)21/h2-4,6,8-10H,5,7,11-13,20H2,1H3. The minimum atomic E-state index is 0.141. The molecule has 4 heteroatoms. The minimum absolute atomic E-state index is 0.141. The summed E-state index contributed by atoms with van der Waals surface area (Å²) in [5, 5.41) is 0. The van der Waals surface area contributed by atoms with Crippen molar-refractivity contribution in [2.24, 2.45) is 0 Å². The first-order valence-electron chi connectivity index (χ1n) is 8.00. The normalized spacial score (nSPS) is 13.5. The zero-order valence-electron chi connectivity index (χ0n) is 13.4. The number of ether oxygens (including phenoxy) is 1. The number of hydrogen-bond donors (Lipinski definition) is 1. The summed E-state index contributed by atoms with van der Waals surface area (Å²) in [7, 11) is 1.66. The summed E-state index contributed by atoms with van der Waals surface area (Å²) in [4.78, 5) is 14.6. The van der Waals surface area contributed by atoms with Gasteiger partial charge in [-0.2, -0.15) is 0 Å². The van der Waals surface area contributed by atoms with Crippen molar-refractivity contribution in [3.05, 3.63) is 53.6 Å². The molecule has 0 radical (unpaired) electrons. The molecule has 2 aromatic rings. The number of benzene rings is 2. The maximum absolute atomic E-state index is 12.7. The average Bonchev–Trinajstić information content (AvgIpc) is 2.60. The summed E-state index contributed by atoms with van der Waals surface area (Å²) in [6.45, 7) is 0.765. The van der Waals surface area contributed by atoms with Crippen LogP contribution in [0.3, 0.4) is 0 Å². The van der Waals surface area contributed by atoms with Gasteiger partial charge in [0.1, 0.15) is 5.75 Å². The fourth-order valence-electron chi connectivity index (χ4n) is 3.20. The third kappa shape index (κ3) is 3.16. The minimum Gasteiger partial charge on any atom is -0.496 e. The van der Waals surface area contributed by atoms with E-state index >= 15 is 0 Å². The van der Waals surface area contributed by atoms with Gasteiger partial charge in [-0.3, -0.25) is 4.79 Å². The summed E-state index contributed by atoms with van der Waals surface area (Å²) in [6.07, 6.45) is 3.05. The van der Waals surface area contributed by atoms with E-state index in [4.69, 9.17) is 10.5 Å². The molecule has 1 aliphatic rings. The Balaban J connectivity index is 1.74. The maximum atomic E-state index is 12.7. The van der Waals surface area contributed by atoms with Crippen molar-refractivity contribution in [1.29, 1.82) is 0 Å². The van der Waals surface area contributed by atoms with E-state index in [2.05, 4.69) is 0 Å². The Morgan fingerprint density at radius 3 is 2.87 bits per heavy atom. The average molecular weight is 310 g/mol. The molecule has 0 aliphatic carbocycles. The number of hydrogen-bond acceptors (Lipinski definition) is 3. The van der Waals surface area contributed by atoms with E-state index in [1.165, 1.54) is 0 Å². The Labute approximate surface area is 136 Å². The number of carbonyl (C=O) groups excluding carboxylic acids is 1. The molecule has 0 fully saturated rings. The van der Waals surface area contributed by atoms with Gasteiger partial charge < -0.3 is 15.4 Å². The molecule has 0 bridgehead atoms. The summed E-state index contributed by atoms with van der Waals surface area (Å²) >= 11 is 0. The van der Waals surface area contributed by atoms with Crippen molar-refractivity contribution in [3.8, 4) is 5.75 Å². The van der Waals surface area contributed by atoms with Crippen LogP contribution in [0.1, 0.15) is 24.0 Å². The molecule has 0 atom stereocenters. The maximum Gasteiger partial charge on any atom is 0.227 e. The SMILES string of the molecule is COc1ccccc1CCC(=O)N1CCCc2c(N)cccc21. The van der Waals surface area contributed by atoms with Crippen LogP contribution >= 0.6 is 0 Å². The van der Waals surface area contributed by atoms with Crippen LogP contribution in [-0.4, -0.2) is 19.6 Å². The van der Waals surface area contributed by atoms with E-state index < -0.39 is 0 Å². The highest BCUT2D eigenvalue weighted by Gasteiger charge is 2.23. The predicted molar refractivity (Wildman–Crippen MR) is 92.8 cm³/mol. The number of nitrogens with zero attached hydrogens (tertiary/aromatic N) is 1. The van der Waals surface area contributed by atoms with E-state index in [0.717, 1.165) is 47.6 Å². The highest BCUT2D eigenvalue weighted by Crippen LogP contribution is 2.32. The smallest absolute Gasteiger partial charge is 0.227 e. The number of anilines is 2. The first kappa shape index (κ1) is 15.4. The molecule has 1 amide bonds. The van der Waals surface area contributed by atoms with E-state index in [9.17, 15) is 4.79 Å². The fraction of sp³-hybridized carbons (Fsp3) is 0.316. The lowest BCUT2D eigenvalue weighted by atomic mass is 9.99. The second-order valence-electron chi connectivity index (χ2n) is 5.81. The van der Waals surface area contributed by atoms with Crippen molar-refractivity contribution in [2.45, 2.75) is 25.7 Å². The van der Waals surface area contributed by atoms with Gasteiger partial charge in [-0.15, -0.1) is 0 Å². The first-order chi connectivity index (χ1) is 11.2. The van der Waals surface area contributed by atoms with Crippen molar-refractivity contribution in [2.75, 3.05) is 24.3 Å². The third-order valence-corrected chi connectivity index (χ3v) is 4.39. The van der Waals surface area contributed by atoms with Crippen molar-refractivity contribution >= 4 is 17.3 Å². The van der Waals surface area contributed by atoms with Crippen LogP contribution in [-0.2, 0) is 17.6 Å². The molecule has 1 heterocycles. The van der Waals surface area contributed by atoms with Crippen LogP contribution in [0.2, 0.25) is 0 Å². The number of rotatable bonds is 4. The first-order valence-corrected chi connectivity index (χ1v) is 8.00.